The Kier molecular flexibility index (Phi) is 2.78. The second-order valence-electron chi connectivity index (χ2n) is 4.43. The highest BCUT2D eigenvalue weighted by molar-refractivity contribution is 7.80. The zero-order chi connectivity index (χ0) is 11.8. The third-order valence-corrected chi connectivity index (χ3v) is 3.65. The molecule has 17 heavy (non-hydrogen) atoms. The number of hydrazine groups is 2. The Balaban J connectivity index is 1.84. The number of thiocarbonyl (C=S) groups is 1. The van der Waals surface area contributed by atoms with E-state index in [-0.39, 0.29) is 0 Å². The van der Waals surface area contributed by atoms with E-state index in [1.54, 1.807) is 7.11 Å². The molecule has 0 atom stereocenters. The second-order valence-corrected chi connectivity index (χ2v) is 4.82. The van der Waals surface area contributed by atoms with Crippen molar-refractivity contribution in [2.24, 2.45) is 0 Å². The number of methoxy groups -OCH3 is 1. The summed E-state index contributed by atoms with van der Waals surface area (Å²) in [5.41, 5.74) is 5.77. The van der Waals surface area contributed by atoms with E-state index in [4.69, 9.17) is 17.0 Å². The Labute approximate surface area is 106 Å². The average molecular weight is 252 g/mol. The van der Waals surface area contributed by atoms with Crippen molar-refractivity contribution in [3.63, 3.8) is 0 Å². The number of nitrogens with one attached hydrogen (secondary N) is 2. The van der Waals surface area contributed by atoms with Gasteiger partial charge in [-0.15, -0.1) is 5.53 Å². The molecule has 0 aromatic carbocycles. The fourth-order valence-electron chi connectivity index (χ4n) is 2.43. The molecule has 6 heteroatoms. The molecule has 0 unspecified atom stereocenters. The molecule has 0 fully saturated rings. The van der Waals surface area contributed by atoms with Crippen LogP contribution < -0.4 is 10.9 Å². The van der Waals surface area contributed by atoms with Gasteiger partial charge in [0.15, 0.2) is 0 Å². The molecule has 1 aliphatic carbocycles. The Hall–Kier alpha value is -1.11. The van der Waals surface area contributed by atoms with Gasteiger partial charge in [0.05, 0.1) is 6.20 Å². The summed E-state index contributed by atoms with van der Waals surface area (Å²) >= 11 is 5.54. The molecule has 3 aliphatic rings. The van der Waals surface area contributed by atoms with E-state index in [1.807, 2.05) is 16.2 Å². The van der Waals surface area contributed by atoms with E-state index >= 15 is 0 Å². The SMILES string of the molecule is COCN1C=C2NC3=C(CCCC3)C(=S)N2N1. The van der Waals surface area contributed by atoms with Crippen LogP contribution in [0.1, 0.15) is 25.7 Å². The smallest absolute Gasteiger partial charge is 0.145 e. The summed E-state index contributed by atoms with van der Waals surface area (Å²) < 4.78 is 5.09. The Morgan fingerprint density at radius 2 is 2.24 bits per heavy atom. The number of fused-ring (bicyclic) bond motifs is 1. The second kappa shape index (κ2) is 4.29. The Morgan fingerprint density at radius 1 is 1.41 bits per heavy atom. The van der Waals surface area contributed by atoms with Gasteiger partial charge >= 0.3 is 0 Å². The summed E-state index contributed by atoms with van der Waals surface area (Å²) in [7, 11) is 1.67. The van der Waals surface area contributed by atoms with Crippen LogP contribution in [0.5, 0.6) is 0 Å². The van der Waals surface area contributed by atoms with Gasteiger partial charge in [-0.25, -0.2) is 5.01 Å². The topological polar surface area (TPSA) is 39.8 Å². The molecule has 0 saturated heterocycles. The summed E-state index contributed by atoms with van der Waals surface area (Å²) in [6.07, 6.45) is 6.64. The molecule has 0 bridgehead atoms. The normalized spacial score (nSPS) is 23.4. The summed E-state index contributed by atoms with van der Waals surface area (Å²) in [5, 5.41) is 7.24. The third kappa shape index (κ3) is 1.82. The van der Waals surface area contributed by atoms with Gasteiger partial charge in [0.2, 0.25) is 0 Å². The van der Waals surface area contributed by atoms with Crippen LogP contribution in [0.25, 0.3) is 0 Å². The molecule has 5 nitrogen and oxygen atoms in total. The standard InChI is InChI=1S/C11H16N4OS/c1-16-7-14-6-10-12-9-5-3-2-4-8(9)11(17)15(10)13-14/h6,12-13H,2-5,7H2,1H3. The van der Waals surface area contributed by atoms with Crippen molar-refractivity contribution >= 4 is 17.2 Å². The lowest BCUT2D eigenvalue weighted by atomic mass is 9.94. The summed E-state index contributed by atoms with van der Waals surface area (Å²) in [6, 6.07) is 0. The number of ether oxygens (including phenoxy) is 1. The molecule has 2 aliphatic heterocycles. The highest BCUT2D eigenvalue weighted by Crippen LogP contribution is 2.31. The molecular weight excluding hydrogens is 236 g/mol. The minimum absolute atomic E-state index is 0.495. The number of nitrogens with zero attached hydrogens (tertiary/aromatic N) is 2. The fourth-order valence-corrected chi connectivity index (χ4v) is 2.80. The van der Waals surface area contributed by atoms with Crippen LogP contribution in [0.2, 0.25) is 0 Å². The van der Waals surface area contributed by atoms with Crippen LogP contribution in [0.4, 0.5) is 0 Å². The van der Waals surface area contributed by atoms with Crippen LogP contribution in [0, 0.1) is 0 Å². The number of rotatable bonds is 2. The number of hydrogen-bond acceptors (Lipinski definition) is 5. The van der Waals surface area contributed by atoms with Crippen LogP contribution in [0.3, 0.4) is 0 Å². The average Bonchev–Trinajstić information content (AvgIpc) is 2.73. The predicted octanol–water partition coefficient (Wildman–Crippen LogP) is 1.19. The summed E-state index contributed by atoms with van der Waals surface area (Å²) in [4.78, 5) is 0.892. The largest absolute Gasteiger partial charge is 0.363 e. The van der Waals surface area contributed by atoms with Gasteiger partial charge < -0.3 is 10.1 Å². The molecule has 3 rings (SSSR count). The van der Waals surface area contributed by atoms with Crippen molar-refractivity contribution in [3.05, 3.63) is 23.3 Å². The molecule has 2 N–H and O–H groups in total. The van der Waals surface area contributed by atoms with Crippen molar-refractivity contribution in [2.45, 2.75) is 25.7 Å². The zero-order valence-electron chi connectivity index (χ0n) is 9.82. The van der Waals surface area contributed by atoms with Crippen LogP contribution in [-0.2, 0) is 4.74 Å². The maximum atomic E-state index is 5.54. The van der Waals surface area contributed by atoms with Gasteiger partial charge in [-0.2, -0.15) is 0 Å². The first-order chi connectivity index (χ1) is 8.29. The summed E-state index contributed by atoms with van der Waals surface area (Å²) in [6.45, 7) is 0.495. The Morgan fingerprint density at radius 3 is 3.06 bits per heavy atom. The van der Waals surface area contributed by atoms with Gasteiger partial charge in [0.25, 0.3) is 0 Å². The minimum Gasteiger partial charge on any atom is -0.363 e. The zero-order valence-corrected chi connectivity index (χ0v) is 10.6. The lowest BCUT2D eigenvalue weighted by molar-refractivity contribution is 0.0425. The molecule has 92 valence electrons. The molecular formula is C11H16N4OS. The van der Waals surface area contributed by atoms with E-state index in [0.717, 1.165) is 23.7 Å². The molecule has 0 radical (unpaired) electrons. The van der Waals surface area contributed by atoms with Crippen molar-refractivity contribution in [3.8, 4) is 0 Å². The van der Waals surface area contributed by atoms with Crippen molar-refractivity contribution in [1.82, 2.24) is 20.9 Å². The molecule has 0 amide bonds. The Bertz CT molecular complexity index is 418. The maximum Gasteiger partial charge on any atom is 0.145 e. The van der Waals surface area contributed by atoms with E-state index in [9.17, 15) is 0 Å². The van der Waals surface area contributed by atoms with Crippen LogP contribution in [0.15, 0.2) is 23.3 Å². The predicted molar refractivity (Wildman–Crippen MR) is 68.0 cm³/mol. The van der Waals surface area contributed by atoms with Gasteiger partial charge in [-0.3, -0.25) is 5.01 Å². The highest BCUT2D eigenvalue weighted by atomic mass is 32.1. The van der Waals surface area contributed by atoms with E-state index in [0.29, 0.717) is 6.73 Å². The number of hydrogen-bond donors (Lipinski definition) is 2. The van der Waals surface area contributed by atoms with Crippen LogP contribution >= 0.6 is 12.2 Å². The first kappa shape index (κ1) is 11.0. The maximum absolute atomic E-state index is 5.54. The van der Waals surface area contributed by atoms with Crippen molar-refractivity contribution in [2.75, 3.05) is 13.8 Å². The molecule has 2 heterocycles. The minimum atomic E-state index is 0.495. The van der Waals surface area contributed by atoms with Crippen LogP contribution in [-0.4, -0.2) is 28.8 Å². The summed E-state index contributed by atoms with van der Waals surface area (Å²) in [5.74, 6) is 0.993. The van der Waals surface area contributed by atoms with Gasteiger partial charge in [-0.05, 0) is 25.7 Å². The van der Waals surface area contributed by atoms with E-state index in [1.165, 1.54) is 24.1 Å². The van der Waals surface area contributed by atoms with Crippen molar-refractivity contribution < 1.29 is 4.74 Å². The lowest BCUT2D eigenvalue weighted by Crippen LogP contribution is -2.49. The number of allylic oxidation sites excluding steroid dienone is 1. The quantitative estimate of drug-likeness (QED) is 0.719. The van der Waals surface area contributed by atoms with Gasteiger partial charge in [0.1, 0.15) is 17.5 Å². The molecule has 0 saturated carbocycles. The van der Waals surface area contributed by atoms with Gasteiger partial charge in [-0.1, -0.05) is 12.2 Å². The highest BCUT2D eigenvalue weighted by Gasteiger charge is 2.33. The van der Waals surface area contributed by atoms with Gasteiger partial charge in [0, 0.05) is 18.4 Å². The molecule has 0 spiro atoms. The molecule has 0 aromatic heterocycles. The fraction of sp³-hybridized carbons (Fsp3) is 0.545. The third-order valence-electron chi connectivity index (χ3n) is 3.22. The van der Waals surface area contributed by atoms with Crippen molar-refractivity contribution in [1.29, 1.82) is 0 Å². The first-order valence-corrected chi connectivity index (χ1v) is 6.27. The first-order valence-electron chi connectivity index (χ1n) is 5.87. The van der Waals surface area contributed by atoms with E-state index in [2.05, 4.69) is 10.9 Å². The molecule has 0 aromatic rings. The lowest BCUT2D eigenvalue weighted by Gasteiger charge is -2.34. The van der Waals surface area contributed by atoms with E-state index < -0.39 is 0 Å². The monoisotopic (exact) mass is 252 g/mol.